The first-order valence-corrected chi connectivity index (χ1v) is 10.4. The molecule has 10 heteroatoms. The van der Waals surface area contributed by atoms with Gasteiger partial charge >= 0.3 is 0 Å². The summed E-state index contributed by atoms with van der Waals surface area (Å²) in [5, 5.41) is 0.609. The first kappa shape index (κ1) is 18.9. The highest BCUT2D eigenvalue weighted by Crippen LogP contribution is 2.33. The zero-order chi connectivity index (χ0) is 20.8. The fraction of sp³-hybridized carbons (Fsp3) is 0.300. The monoisotopic (exact) mass is 428 g/mol. The van der Waals surface area contributed by atoms with Gasteiger partial charge in [-0.2, -0.15) is 0 Å². The molecule has 1 fully saturated rings. The summed E-state index contributed by atoms with van der Waals surface area (Å²) >= 11 is 1.26. The van der Waals surface area contributed by atoms with Crippen LogP contribution < -0.4 is 15.5 Å². The van der Waals surface area contributed by atoms with Crippen molar-refractivity contribution in [3.63, 3.8) is 0 Å². The number of thiazole rings is 1. The molecule has 154 valence electrons. The molecular formula is C20H18F2N6OS. The fourth-order valence-electron chi connectivity index (χ4n) is 3.71. The molecule has 0 bridgehead atoms. The van der Waals surface area contributed by atoms with Crippen LogP contribution in [-0.2, 0) is 6.42 Å². The Kier molecular flexibility index (Phi) is 4.58. The summed E-state index contributed by atoms with van der Waals surface area (Å²) < 4.78 is 26.9. The highest BCUT2D eigenvalue weighted by atomic mass is 32.1. The summed E-state index contributed by atoms with van der Waals surface area (Å²) in [6.45, 7) is 1.39. The molecule has 0 aliphatic carbocycles. The Hall–Kier alpha value is -3.14. The molecule has 1 amide bonds. The number of nitrogens with two attached hydrogens (primary N) is 1. The number of hydrogen-bond acceptors (Lipinski definition) is 7. The van der Waals surface area contributed by atoms with Gasteiger partial charge in [0.1, 0.15) is 33.4 Å². The fourth-order valence-corrected chi connectivity index (χ4v) is 4.73. The van der Waals surface area contributed by atoms with E-state index < -0.39 is 12.0 Å². The third-order valence-electron chi connectivity index (χ3n) is 5.31. The van der Waals surface area contributed by atoms with Crippen molar-refractivity contribution in [1.82, 2.24) is 15.0 Å². The Bertz CT molecular complexity index is 1120. The molecule has 1 aromatic carbocycles. The van der Waals surface area contributed by atoms with Gasteiger partial charge in [-0.15, -0.1) is 11.3 Å². The van der Waals surface area contributed by atoms with Crippen molar-refractivity contribution in [3.05, 3.63) is 47.0 Å². The number of fused-ring (bicyclic) bond motifs is 1. The molecule has 0 spiro atoms. The molecule has 1 atom stereocenters. The van der Waals surface area contributed by atoms with Gasteiger partial charge in [0.2, 0.25) is 0 Å². The van der Waals surface area contributed by atoms with Gasteiger partial charge in [0, 0.05) is 25.2 Å². The van der Waals surface area contributed by atoms with E-state index in [1.807, 2.05) is 4.90 Å². The number of anilines is 3. The minimum Gasteiger partial charge on any atom is -0.396 e. The summed E-state index contributed by atoms with van der Waals surface area (Å²) in [5.74, 6) is -0.0695. The van der Waals surface area contributed by atoms with E-state index in [2.05, 4.69) is 15.0 Å². The van der Waals surface area contributed by atoms with E-state index in [-0.39, 0.29) is 11.6 Å². The number of hydrogen-bond donors (Lipinski definition) is 1. The summed E-state index contributed by atoms with van der Waals surface area (Å²) in [6.07, 6.45) is 3.46. The van der Waals surface area contributed by atoms with Crippen LogP contribution in [0.5, 0.6) is 0 Å². The molecule has 0 saturated carbocycles. The van der Waals surface area contributed by atoms with Gasteiger partial charge in [0.05, 0.1) is 30.3 Å². The number of amides is 1. The summed E-state index contributed by atoms with van der Waals surface area (Å²) in [5.41, 5.74) is 7.50. The van der Waals surface area contributed by atoms with Crippen LogP contribution >= 0.6 is 11.3 Å². The van der Waals surface area contributed by atoms with E-state index in [0.29, 0.717) is 59.6 Å². The number of carbonyl (C=O) groups is 1. The van der Waals surface area contributed by atoms with Crippen molar-refractivity contribution in [2.45, 2.75) is 19.0 Å². The van der Waals surface area contributed by atoms with E-state index in [0.717, 1.165) is 5.69 Å². The van der Waals surface area contributed by atoms with E-state index >= 15 is 0 Å². The van der Waals surface area contributed by atoms with Crippen molar-refractivity contribution in [2.24, 2.45) is 0 Å². The summed E-state index contributed by atoms with van der Waals surface area (Å²) in [7, 11) is 0. The number of rotatable bonds is 3. The molecule has 1 saturated heterocycles. The molecule has 0 unspecified atom stereocenters. The minimum atomic E-state index is -0.831. The number of benzene rings is 1. The van der Waals surface area contributed by atoms with Gasteiger partial charge in [0.25, 0.3) is 5.91 Å². The van der Waals surface area contributed by atoms with Gasteiger partial charge in [-0.25, -0.2) is 23.7 Å². The van der Waals surface area contributed by atoms with Crippen molar-refractivity contribution in [3.8, 4) is 10.7 Å². The van der Waals surface area contributed by atoms with Gasteiger partial charge in [-0.05, 0) is 24.6 Å². The average Bonchev–Trinajstić information content (AvgIpc) is 3.38. The topological polar surface area (TPSA) is 88.2 Å². The Morgan fingerprint density at radius 3 is 2.77 bits per heavy atom. The van der Waals surface area contributed by atoms with E-state index in [1.54, 1.807) is 23.4 Å². The van der Waals surface area contributed by atoms with Crippen LogP contribution in [0.4, 0.5) is 26.0 Å². The Morgan fingerprint density at radius 1 is 1.20 bits per heavy atom. The smallest absolute Gasteiger partial charge is 0.270 e. The van der Waals surface area contributed by atoms with Crippen molar-refractivity contribution >= 4 is 34.4 Å². The van der Waals surface area contributed by atoms with Gasteiger partial charge in [0.15, 0.2) is 0 Å². The number of alkyl halides is 1. The third-order valence-corrected chi connectivity index (χ3v) is 6.42. The van der Waals surface area contributed by atoms with Gasteiger partial charge in [-0.1, -0.05) is 0 Å². The summed E-state index contributed by atoms with van der Waals surface area (Å²) in [4.78, 5) is 30.4. The number of aromatic nitrogens is 3. The molecule has 3 aromatic rings. The molecule has 0 radical (unpaired) electrons. The first-order valence-electron chi connectivity index (χ1n) is 9.57. The Labute approximate surface area is 175 Å². The van der Waals surface area contributed by atoms with Crippen LogP contribution in [0.3, 0.4) is 0 Å². The van der Waals surface area contributed by atoms with Crippen LogP contribution in [0.25, 0.3) is 10.7 Å². The quantitative estimate of drug-likeness (QED) is 0.645. The van der Waals surface area contributed by atoms with Crippen LogP contribution in [0, 0.1) is 5.82 Å². The number of carbonyl (C=O) groups excluding carboxylic acids is 1. The van der Waals surface area contributed by atoms with Crippen molar-refractivity contribution in [1.29, 1.82) is 0 Å². The van der Waals surface area contributed by atoms with E-state index in [4.69, 9.17) is 5.73 Å². The lowest BCUT2D eigenvalue weighted by Crippen LogP contribution is -2.37. The molecule has 2 N–H and O–H groups in total. The van der Waals surface area contributed by atoms with Crippen molar-refractivity contribution < 1.29 is 13.6 Å². The normalized spacial score (nSPS) is 18.7. The second-order valence-corrected chi connectivity index (χ2v) is 8.30. The predicted octanol–water partition coefficient (Wildman–Crippen LogP) is 3.07. The lowest BCUT2D eigenvalue weighted by atomic mass is 10.1. The second kappa shape index (κ2) is 7.28. The zero-order valence-electron chi connectivity index (χ0n) is 15.9. The van der Waals surface area contributed by atoms with Crippen LogP contribution in [0.1, 0.15) is 21.8 Å². The van der Waals surface area contributed by atoms with E-state index in [1.165, 1.54) is 23.5 Å². The van der Waals surface area contributed by atoms with Crippen LogP contribution in [0.15, 0.2) is 30.6 Å². The molecule has 2 aliphatic rings. The lowest BCUT2D eigenvalue weighted by Gasteiger charge is -2.26. The highest BCUT2D eigenvalue weighted by Gasteiger charge is 2.30. The van der Waals surface area contributed by atoms with Gasteiger partial charge in [-0.3, -0.25) is 4.79 Å². The molecule has 5 rings (SSSR count). The average molecular weight is 428 g/mol. The SMILES string of the molecule is Nc1cc(N2CCc3nc(-c4cnc(N5CC[C@@H](F)C5)cn4)sc3C2=O)ccc1F. The molecule has 2 aliphatic heterocycles. The molecule has 30 heavy (non-hydrogen) atoms. The Morgan fingerprint density at radius 2 is 2.07 bits per heavy atom. The maximum absolute atomic E-state index is 13.5. The van der Waals surface area contributed by atoms with Gasteiger partial charge < -0.3 is 15.5 Å². The molecule has 7 nitrogen and oxygen atoms in total. The highest BCUT2D eigenvalue weighted by molar-refractivity contribution is 7.17. The minimum absolute atomic E-state index is 0.00328. The second-order valence-electron chi connectivity index (χ2n) is 7.30. The molecular weight excluding hydrogens is 410 g/mol. The predicted molar refractivity (Wildman–Crippen MR) is 111 cm³/mol. The standard InChI is InChI=1S/C20H18F2N6OS/c21-11-3-5-27(10-11)17-9-24-16(8-25-17)19-26-15-4-6-28(20(29)18(15)30-19)12-1-2-13(22)14(23)7-12/h1-2,7-9,11H,3-6,10,23H2/t11-/m1/s1. The number of halogens is 2. The number of nitrogens with zero attached hydrogens (tertiary/aromatic N) is 5. The summed E-state index contributed by atoms with van der Waals surface area (Å²) in [6, 6.07) is 4.26. The van der Waals surface area contributed by atoms with Crippen molar-refractivity contribution in [2.75, 3.05) is 35.2 Å². The maximum Gasteiger partial charge on any atom is 0.270 e. The van der Waals surface area contributed by atoms with Crippen LogP contribution in [-0.4, -0.2) is 46.7 Å². The number of nitrogen functional groups attached to an aromatic ring is 1. The molecule has 2 aromatic heterocycles. The first-order chi connectivity index (χ1) is 14.5. The van der Waals surface area contributed by atoms with E-state index in [9.17, 15) is 13.6 Å². The Balaban J connectivity index is 1.39. The third kappa shape index (κ3) is 3.26. The zero-order valence-corrected chi connectivity index (χ0v) is 16.7. The maximum atomic E-state index is 13.5. The molecule has 4 heterocycles. The lowest BCUT2D eigenvalue weighted by molar-refractivity contribution is 0.0984. The van der Waals surface area contributed by atoms with Crippen LogP contribution in [0.2, 0.25) is 0 Å². The largest absolute Gasteiger partial charge is 0.396 e.